The van der Waals surface area contributed by atoms with Crippen LogP contribution in [0.2, 0.25) is 0 Å². The fourth-order valence-electron chi connectivity index (χ4n) is 1.89. The Balaban J connectivity index is 1.71. The van der Waals surface area contributed by atoms with Crippen LogP contribution < -0.4 is 0 Å². The predicted molar refractivity (Wildman–Crippen MR) is 88.2 cm³/mol. The van der Waals surface area contributed by atoms with E-state index in [1.165, 1.54) is 11.1 Å². The summed E-state index contributed by atoms with van der Waals surface area (Å²) in [6, 6.07) is 16.1. The van der Waals surface area contributed by atoms with E-state index >= 15 is 0 Å². The lowest BCUT2D eigenvalue weighted by molar-refractivity contribution is 0.466. The molecule has 0 aliphatic carbocycles. The summed E-state index contributed by atoms with van der Waals surface area (Å²) in [7, 11) is 0. The Kier molecular flexibility index (Phi) is 4.41. The van der Waals surface area contributed by atoms with Gasteiger partial charge in [0.1, 0.15) is 0 Å². The molecule has 21 heavy (non-hydrogen) atoms. The van der Waals surface area contributed by atoms with Crippen molar-refractivity contribution >= 4 is 27.7 Å². The third kappa shape index (κ3) is 3.54. The van der Waals surface area contributed by atoms with Gasteiger partial charge in [0, 0.05) is 15.8 Å². The Bertz CT molecular complexity index is 740. The average Bonchev–Trinajstić information content (AvgIpc) is 2.96. The van der Waals surface area contributed by atoms with Crippen molar-refractivity contribution in [1.82, 2.24) is 10.2 Å². The number of nitrogens with zero attached hydrogens (tertiary/aromatic N) is 2. The van der Waals surface area contributed by atoms with Crippen LogP contribution in [0.5, 0.6) is 0 Å². The van der Waals surface area contributed by atoms with Crippen LogP contribution in [0, 0.1) is 6.92 Å². The number of thioether (sulfide) groups is 1. The zero-order chi connectivity index (χ0) is 14.7. The lowest BCUT2D eigenvalue weighted by Crippen LogP contribution is -1.85. The minimum absolute atomic E-state index is 0.551. The molecule has 106 valence electrons. The van der Waals surface area contributed by atoms with Gasteiger partial charge in [-0.05, 0) is 42.3 Å². The summed E-state index contributed by atoms with van der Waals surface area (Å²) >= 11 is 4.97. The summed E-state index contributed by atoms with van der Waals surface area (Å²) in [6.45, 7) is 2.11. The molecule has 0 saturated carbocycles. The molecule has 0 amide bonds. The monoisotopic (exact) mass is 360 g/mol. The van der Waals surface area contributed by atoms with Gasteiger partial charge in [-0.2, -0.15) is 0 Å². The van der Waals surface area contributed by atoms with E-state index < -0.39 is 0 Å². The van der Waals surface area contributed by atoms with Crippen molar-refractivity contribution in [2.24, 2.45) is 0 Å². The van der Waals surface area contributed by atoms with Gasteiger partial charge in [-0.15, -0.1) is 10.2 Å². The molecule has 0 aliphatic heterocycles. The molecular weight excluding hydrogens is 348 g/mol. The third-order valence-corrected chi connectivity index (χ3v) is 4.51. The standard InChI is InChI=1S/C16H13BrN2OS/c1-11-4-2-3-5-13(11)10-21-16-19-18-15(20-16)12-6-8-14(17)9-7-12/h2-9H,10H2,1H3. The van der Waals surface area contributed by atoms with Crippen molar-refractivity contribution < 1.29 is 4.42 Å². The minimum atomic E-state index is 0.551. The van der Waals surface area contributed by atoms with Crippen LogP contribution in [-0.2, 0) is 5.75 Å². The van der Waals surface area contributed by atoms with Gasteiger partial charge in [0.05, 0.1) is 0 Å². The van der Waals surface area contributed by atoms with Crippen LogP contribution in [-0.4, -0.2) is 10.2 Å². The number of aromatic nitrogens is 2. The van der Waals surface area contributed by atoms with E-state index in [1.54, 1.807) is 11.8 Å². The Hall–Kier alpha value is -1.59. The average molecular weight is 361 g/mol. The first-order valence-electron chi connectivity index (χ1n) is 6.49. The highest BCUT2D eigenvalue weighted by atomic mass is 79.9. The summed E-state index contributed by atoms with van der Waals surface area (Å²) in [6.07, 6.45) is 0. The molecule has 0 unspecified atom stereocenters. The maximum Gasteiger partial charge on any atom is 0.277 e. The van der Waals surface area contributed by atoms with Crippen molar-refractivity contribution in [3.05, 3.63) is 64.1 Å². The normalized spacial score (nSPS) is 10.8. The first-order chi connectivity index (χ1) is 10.2. The molecule has 0 spiro atoms. The van der Waals surface area contributed by atoms with Crippen LogP contribution in [0.3, 0.4) is 0 Å². The fraction of sp³-hybridized carbons (Fsp3) is 0.125. The van der Waals surface area contributed by atoms with Gasteiger partial charge in [-0.3, -0.25) is 0 Å². The Morgan fingerprint density at radius 3 is 2.57 bits per heavy atom. The molecule has 0 radical (unpaired) electrons. The van der Waals surface area contributed by atoms with E-state index in [0.29, 0.717) is 11.1 Å². The van der Waals surface area contributed by atoms with Crippen LogP contribution >= 0.6 is 27.7 Å². The molecule has 3 aromatic rings. The van der Waals surface area contributed by atoms with E-state index in [-0.39, 0.29) is 0 Å². The van der Waals surface area contributed by atoms with Gasteiger partial charge < -0.3 is 4.42 Å². The number of halogens is 1. The van der Waals surface area contributed by atoms with Crippen LogP contribution in [0.15, 0.2) is 62.6 Å². The lowest BCUT2D eigenvalue weighted by atomic mass is 10.1. The quantitative estimate of drug-likeness (QED) is 0.606. The summed E-state index contributed by atoms with van der Waals surface area (Å²) in [5, 5.41) is 8.79. The third-order valence-electron chi connectivity index (χ3n) is 3.11. The molecule has 0 bridgehead atoms. The lowest BCUT2D eigenvalue weighted by Gasteiger charge is -2.02. The van der Waals surface area contributed by atoms with Gasteiger partial charge in [-0.1, -0.05) is 52.0 Å². The summed E-state index contributed by atoms with van der Waals surface area (Å²) < 4.78 is 6.72. The van der Waals surface area contributed by atoms with Gasteiger partial charge in [0.25, 0.3) is 5.22 Å². The predicted octanol–water partition coefficient (Wildman–Crippen LogP) is 5.10. The van der Waals surface area contributed by atoms with Gasteiger partial charge in [-0.25, -0.2) is 0 Å². The number of hydrogen-bond acceptors (Lipinski definition) is 4. The number of rotatable bonds is 4. The van der Waals surface area contributed by atoms with Gasteiger partial charge in [0.15, 0.2) is 0 Å². The summed E-state index contributed by atoms with van der Waals surface area (Å²) in [4.78, 5) is 0. The number of aryl methyl sites for hydroxylation is 1. The topological polar surface area (TPSA) is 38.9 Å². The fourth-order valence-corrected chi connectivity index (χ4v) is 2.99. The van der Waals surface area contributed by atoms with Crippen LogP contribution in [0.1, 0.15) is 11.1 Å². The largest absolute Gasteiger partial charge is 0.411 e. The highest BCUT2D eigenvalue weighted by Gasteiger charge is 2.09. The number of benzene rings is 2. The second kappa shape index (κ2) is 6.45. The zero-order valence-electron chi connectivity index (χ0n) is 11.4. The summed E-state index contributed by atoms with van der Waals surface area (Å²) in [5.74, 6) is 1.38. The molecule has 2 aromatic carbocycles. The molecule has 0 saturated heterocycles. The SMILES string of the molecule is Cc1ccccc1CSc1nnc(-c2ccc(Br)cc2)o1. The highest BCUT2D eigenvalue weighted by molar-refractivity contribution is 9.10. The molecule has 3 nitrogen and oxygen atoms in total. The zero-order valence-corrected chi connectivity index (χ0v) is 13.8. The molecule has 0 aliphatic rings. The summed E-state index contributed by atoms with van der Waals surface area (Å²) in [5.41, 5.74) is 3.48. The number of hydrogen-bond donors (Lipinski definition) is 0. The molecule has 0 atom stereocenters. The Morgan fingerprint density at radius 1 is 1.05 bits per heavy atom. The van der Waals surface area contributed by atoms with Gasteiger partial charge >= 0.3 is 0 Å². The van der Waals surface area contributed by atoms with Crippen molar-refractivity contribution in [2.45, 2.75) is 17.9 Å². The van der Waals surface area contributed by atoms with Crippen molar-refractivity contribution in [1.29, 1.82) is 0 Å². The molecule has 5 heteroatoms. The maximum atomic E-state index is 5.70. The van der Waals surface area contributed by atoms with Crippen molar-refractivity contribution in [3.63, 3.8) is 0 Å². The van der Waals surface area contributed by atoms with Gasteiger partial charge in [0.2, 0.25) is 5.89 Å². The van der Waals surface area contributed by atoms with E-state index in [2.05, 4.69) is 45.2 Å². The Morgan fingerprint density at radius 2 is 1.81 bits per heavy atom. The van der Waals surface area contributed by atoms with Crippen molar-refractivity contribution in [2.75, 3.05) is 0 Å². The van der Waals surface area contributed by atoms with E-state index in [4.69, 9.17) is 4.42 Å². The highest BCUT2D eigenvalue weighted by Crippen LogP contribution is 2.27. The molecule has 3 rings (SSSR count). The van der Waals surface area contributed by atoms with E-state index in [0.717, 1.165) is 15.8 Å². The first kappa shape index (κ1) is 14.4. The van der Waals surface area contributed by atoms with Crippen LogP contribution in [0.4, 0.5) is 0 Å². The smallest absolute Gasteiger partial charge is 0.277 e. The minimum Gasteiger partial charge on any atom is -0.411 e. The Labute approximate surface area is 135 Å². The van der Waals surface area contributed by atoms with E-state index in [9.17, 15) is 0 Å². The molecule has 1 aromatic heterocycles. The second-order valence-corrected chi connectivity index (χ2v) is 6.44. The molecular formula is C16H13BrN2OS. The molecule has 1 heterocycles. The second-order valence-electron chi connectivity index (χ2n) is 4.60. The van der Waals surface area contributed by atoms with Crippen LogP contribution in [0.25, 0.3) is 11.5 Å². The maximum absolute atomic E-state index is 5.70. The molecule has 0 fully saturated rings. The molecule has 0 N–H and O–H groups in total. The van der Waals surface area contributed by atoms with E-state index in [1.807, 2.05) is 36.4 Å². The first-order valence-corrected chi connectivity index (χ1v) is 8.27. The van der Waals surface area contributed by atoms with Crippen molar-refractivity contribution in [3.8, 4) is 11.5 Å².